The highest BCUT2D eigenvalue weighted by molar-refractivity contribution is 5.98. The molecule has 0 bridgehead atoms. The number of hydrogen-bond donors (Lipinski definition) is 3. The molecule has 1 amide bonds. The maximum absolute atomic E-state index is 11.9. The van der Waals surface area contributed by atoms with Gasteiger partial charge in [0.1, 0.15) is 0 Å². The van der Waals surface area contributed by atoms with Crippen molar-refractivity contribution in [1.82, 2.24) is 10.3 Å². The first-order chi connectivity index (χ1) is 17.0. The van der Waals surface area contributed by atoms with Crippen molar-refractivity contribution in [3.05, 3.63) is 53.2 Å². The summed E-state index contributed by atoms with van der Waals surface area (Å²) in [5.74, 6) is 0.855. The molecule has 2 aromatic carbocycles. The number of aromatic nitrogens is 1. The van der Waals surface area contributed by atoms with Gasteiger partial charge in [0.15, 0.2) is 11.5 Å². The number of nitrogens with one attached hydrogen (secondary N) is 2. The summed E-state index contributed by atoms with van der Waals surface area (Å²) in [4.78, 5) is 16.5. The highest BCUT2D eigenvalue weighted by atomic mass is 16.5. The molecule has 0 radical (unpaired) electrons. The fourth-order valence-electron chi connectivity index (χ4n) is 4.11. The first kappa shape index (κ1) is 26.2. The molecule has 0 spiro atoms. The van der Waals surface area contributed by atoms with Crippen molar-refractivity contribution in [3.8, 4) is 11.5 Å². The summed E-state index contributed by atoms with van der Waals surface area (Å²) >= 11 is 0. The van der Waals surface area contributed by atoms with Crippen molar-refractivity contribution in [1.29, 1.82) is 0 Å². The second kappa shape index (κ2) is 12.9. The Bertz CT molecular complexity index is 1150. The van der Waals surface area contributed by atoms with Gasteiger partial charge in [-0.05, 0) is 43.5 Å². The van der Waals surface area contributed by atoms with Crippen LogP contribution in [0.2, 0.25) is 0 Å². The molecule has 3 aromatic rings. The summed E-state index contributed by atoms with van der Waals surface area (Å²) in [7, 11) is 1.70. The van der Waals surface area contributed by atoms with Crippen LogP contribution < -0.4 is 25.8 Å². The van der Waals surface area contributed by atoms with Gasteiger partial charge < -0.3 is 30.6 Å². The van der Waals surface area contributed by atoms with Gasteiger partial charge in [0, 0.05) is 49.1 Å². The van der Waals surface area contributed by atoms with Crippen LogP contribution in [0.3, 0.4) is 0 Å². The van der Waals surface area contributed by atoms with E-state index in [1.54, 1.807) is 13.3 Å². The van der Waals surface area contributed by atoms with Crippen molar-refractivity contribution in [2.24, 2.45) is 5.73 Å². The molecule has 0 aliphatic heterocycles. The molecule has 1 heterocycles. The van der Waals surface area contributed by atoms with Crippen LogP contribution in [0.4, 0.5) is 11.4 Å². The third kappa shape index (κ3) is 6.61. The monoisotopic (exact) mass is 480 g/mol. The number of methoxy groups -OCH3 is 1. The summed E-state index contributed by atoms with van der Waals surface area (Å²) in [5, 5.41) is 7.86. The Hall–Kier alpha value is -3.36. The topological polar surface area (TPSA) is 108 Å². The number of carbonyl (C=O) groups is 1. The summed E-state index contributed by atoms with van der Waals surface area (Å²) < 4.78 is 16.8. The number of nitrogens with two attached hydrogens (primary N) is 1. The molecule has 0 fully saturated rings. The second-order valence-electron chi connectivity index (χ2n) is 8.08. The van der Waals surface area contributed by atoms with Crippen molar-refractivity contribution >= 4 is 28.2 Å². The summed E-state index contributed by atoms with van der Waals surface area (Å²) in [5.41, 5.74) is 11.2. The Balaban J connectivity index is 2.10. The first-order valence-corrected chi connectivity index (χ1v) is 12.1. The molecule has 0 saturated carbocycles. The second-order valence-corrected chi connectivity index (χ2v) is 8.08. The third-order valence-corrected chi connectivity index (χ3v) is 5.66. The van der Waals surface area contributed by atoms with E-state index in [4.69, 9.17) is 19.9 Å². The number of pyridine rings is 1. The number of benzene rings is 2. The minimum absolute atomic E-state index is 0.0716. The molecule has 3 rings (SSSR count). The number of hydrogen-bond acceptors (Lipinski definition) is 7. The van der Waals surface area contributed by atoms with E-state index in [2.05, 4.69) is 34.7 Å². The standard InChI is InChI=1S/C27H36N4O4/c1-5-20-18(16-29-11-12-33-4)9-8-10-22(20)31-27-19(13-26(28)32)17-30-23-15-25(35-7-3)24(34-6-2)14-21(23)27/h8-10,14-15,17,29H,5-7,11-13,16H2,1-4H3,(H2,28,32)(H,30,31). The Morgan fingerprint density at radius 1 is 1.06 bits per heavy atom. The predicted octanol–water partition coefficient (Wildman–Crippen LogP) is 4.10. The number of fused-ring (bicyclic) bond motifs is 1. The molecule has 0 saturated heterocycles. The zero-order valence-electron chi connectivity index (χ0n) is 21.1. The molecule has 188 valence electrons. The quantitative estimate of drug-likeness (QED) is 0.298. The van der Waals surface area contributed by atoms with Gasteiger partial charge in [0.2, 0.25) is 5.91 Å². The average Bonchev–Trinajstić information content (AvgIpc) is 2.84. The number of rotatable bonds is 14. The predicted molar refractivity (Wildman–Crippen MR) is 140 cm³/mol. The summed E-state index contributed by atoms with van der Waals surface area (Å²) in [6.07, 6.45) is 2.62. The van der Waals surface area contributed by atoms with Gasteiger partial charge in [-0.2, -0.15) is 0 Å². The van der Waals surface area contributed by atoms with Gasteiger partial charge in [0.25, 0.3) is 0 Å². The fraction of sp³-hybridized carbons (Fsp3) is 0.407. The molecule has 8 nitrogen and oxygen atoms in total. The maximum Gasteiger partial charge on any atom is 0.221 e. The molecule has 0 unspecified atom stereocenters. The van der Waals surface area contributed by atoms with Crippen molar-refractivity contribution < 1.29 is 19.0 Å². The minimum Gasteiger partial charge on any atom is -0.490 e. The summed E-state index contributed by atoms with van der Waals surface area (Å²) in [6, 6.07) is 10.0. The van der Waals surface area contributed by atoms with E-state index in [0.717, 1.165) is 47.4 Å². The lowest BCUT2D eigenvalue weighted by Gasteiger charge is -2.20. The Morgan fingerprint density at radius 2 is 1.80 bits per heavy atom. The van der Waals surface area contributed by atoms with Crippen LogP contribution in [0.1, 0.15) is 37.5 Å². The van der Waals surface area contributed by atoms with E-state index in [0.29, 0.717) is 31.3 Å². The van der Waals surface area contributed by atoms with Crippen LogP contribution in [-0.4, -0.2) is 44.4 Å². The van der Waals surface area contributed by atoms with E-state index < -0.39 is 5.91 Å². The molecule has 0 atom stereocenters. The zero-order valence-corrected chi connectivity index (χ0v) is 21.1. The van der Waals surface area contributed by atoms with E-state index in [1.807, 2.05) is 32.0 Å². The molecular formula is C27H36N4O4. The Morgan fingerprint density at radius 3 is 2.46 bits per heavy atom. The first-order valence-electron chi connectivity index (χ1n) is 12.1. The van der Waals surface area contributed by atoms with Gasteiger partial charge in [-0.15, -0.1) is 0 Å². The largest absolute Gasteiger partial charge is 0.490 e. The molecule has 35 heavy (non-hydrogen) atoms. The smallest absolute Gasteiger partial charge is 0.221 e. The number of nitrogens with zero attached hydrogens (tertiary/aromatic N) is 1. The van der Waals surface area contributed by atoms with Gasteiger partial charge in [-0.3, -0.25) is 9.78 Å². The van der Waals surface area contributed by atoms with E-state index in [9.17, 15) is 4.79 Å². The molecule has 0 aliphatic carbocycles. The van der Waals surface area contributed by atoms with Crippen LogP contribution in [0, 0.1) is 0 Å². The number of carbonyl (C=O) groups excluding carboxylic acids is 1. The Labute approximate surface area is 207 Å². The lowest BCUT2D eigenvalue weighted by atomic mass is 10.0. The van der Waals surface area contributed by atoms with Crippen LogP contribution >= 0.6 is 0 Å². The number of ether oxygens (including phenoxy) is 3. The average molecular weight is 481 g/mol. The number of anilines is 2. The van der Waals surface area contributed by atoms with Crippen LogP contribution in [0.15, 0.2) is 36.5 Å². The lowest BCUT2D eigenvalue weighted by molar-refractivity contribution is -0.117. The van der Waals surface area contributed by atoms with Crippen LogP contribution in [0.25, 0.3) is 10.9 Å². The molecule has 4 N–H and O–H groups in total. The van der Waals surface area contributed by atoms with Gasteiger partial charge >= 0.3 is 0 Å². The molecule has 8 heteroatoms. The molecule has 1 aromatic heterocycles. The Kier molecular flexibility index (Phi) is 9.69. The van der Waals surface area contributed by atoms with Gasteiger partial charge in [-0.1, -0.05) is 19.1 Å². The van der Waals surface area contributed by atoms with Crippen LogP contribution in [0.5, 0.6) is 11.5 Å². The van der Waals surface area contributed by atoms with Gasteiger partial charge in [-0.25, -0.2) is 0 Å². The van der Waals surface area contributed by atoms with E-state index >= 15 is 0 Å². The van der Waals surface area contributed by atoms with Crippen molar-refractivity contribution in [2.75, 3.05) is 38.8 Å². The highest BCUT2D eigenvalue weighted by Crippen LogP contribution is 2.38. The highest BCUT2D eigenvalue weighted by Gasteiger charge is 2.17. The zero-order chi connectivity index (χ0) is 25.2. The normalized spacial score (nSPS) is 11.0. The van der Waals surface area contributed by atoms with Gasteiger partial charge in [0.05, 0.1) is 37.4 Å². The molecular weight excluding hydrogens is 444 g/mol. The van der Waals surface area contributed by atoms with E-state index in [1.165, 1.54) is 11.1 Å². The third-order valence-electron chi connectivity index (χ3n) is 5.66. The van der Waals surface area contributed by atoms with Crippen molar-refractivity contribution in [2.45, 2.75) is 40.2 Å². The van der Waals surface area contributed by atoms with Crippen molar-refractivity contribution in [3.63, 3.8) is 0 Å². The number of amides is 1. The SMILES string of the molecule is CCOc1cc2ncc(CC(N)=O)c(Nc3cccc(CNCCOC)c3CC)c2cc1OCC. The lowest BCUT2D eigenvalue weighted by Crippen LogP contribution is -2.19. The number of primary amides is 1. The molecule has 0 aliphatic rings. The fourth-order valence-corrected chi connectivity index (χ4v) is 4.11. The maximum atomic E-state index is 11.9. The summed E-state index contributed by atoms with van der Waals surface area (Å²) in [6.45, 7) is 9.18. The van der Waals surface area contributed by atoms with Crippen LogP contribution in [-0.2, 0) is 28.9 Å². The van der Waals surface area contributed by atoms with E-state index in [-0.39, 0.29) is 6.42 Å². The minimum atomic E-state index is -0.419.